The Kier molecular flexibility index (Phi) is 8.53. The topological polar surface area (TPSA) is 94.0 Å². The SMILES string of the molecule is CC(C)S(=O)(=O)N1CCN(c2cnn(-c3cccc(F)c3)c(=O)c2OC2CC(COCc3ccccc3)C2)CC1. The maximum absolute atomic E-state index is 13.9. The number of ether oxygens (including phenoxy) is 2. The standard InChI is InChI=1S/C29H35FN4O5S/c1-21(2)40(36,37)33-13-11-32(12-14-33)27-18-31-34(25-10-6-9-24(30)17-25)29(35)28(27)39-26-15-23(16-26)20-38-19-22-7-4-3-5-8-22/h3-10,17-18,21,23,26H,11-16,19-20H2,1-2H3. The van der Waals surface area contributed by atoms with E-state index in [1.807, 2.05) is 35.2 Å². The van der Waals surface area contributed by atoms with Crippen LogP contribution in [0, 0.1) is 11.7 Å². The molecule has 2 aliphatic rings. The van der Waals surface area contributed by atoms with Crippen molar-refractivity contribution in [1.82, 2.24) is 14.1 Å². The smallest absolute Gasteiger partial charge is 0.316 e. The normalized spacial score (nSPS) is 19.9. The molecule has 40 heavy (non-hydrogen) atoms. The fourth-order valence-corrected chi connectivity index (χ4v) is 6.30. The Morgan fingerprint density at radius 3 is 2.42 bits per heavy atom. The molecular weight excluding hydrogens is 535 g/mol. The Bertz CT molecular complexity index is 1470. The van der Waals surface area contributed by atoms with Gasteiger partial charge in [0.25, 0.3) is 0 Å². The summed E-state index contributed by atoms with van der Waals surface area (Å²) in [5.41, 5.74) is 1.46. The van der Waals surface area contributed by atoms with Crippen molar-refractivity contribution in [1.29, 1.82) is 0 Å². The van der Waals surface area contributed by atoms with Gasteiger partial charge >= 0.3 is 5.56 Å². The highest BCUT2D eigenvalue weighted by atomic mass is 32.2. The van der Waals surface area contributed by atoms with Crippen molar-refractivity contribution in [2.45, 2.75) is 44.6 Å². The van der Waals surface area contributed by atoms with Crippen LogP contribution in [0.4, 0.5) is 10.1 Å². The van der Waals surface area contributed by atoms with E-state index in [4.69, 9.17) is 9.47 Å². The fraction of sp³-hybridized carbons (Fsp3) is 0.448. The fourth-order valence-electron chi connectivity index (χ4n) is 5.03. The predicted molar refractivity (Wildman–Crippen MR) is 151 cm³/mol. The molecule has 1 saturated carbocycles. The van der Waals surface area contributed by atoms with E-state index in [0.29, 0.717) is 56.7 Å². The van der Waals surface area contributed by atoms with Crippen LogP contribution >= 0.6 is 0 Å². The zero-order valence-corrected chi connectivity index (χ0v) is 23.6. The zero-order valence-electron chi connectivity index (χ0n) is 22.8. The van der Waals surface area contributed by atoms with Gasteiger partial charge in [-0.2, -0.15) is 14.1 Å². The van der Waals surface area contributed by atoms with Crippen molar-refractivity contribution in [3.8, 4) is 11.4 Å². The molecule has 0 amide bonds. The first-order chi connectivity index (χ1) is 19.2. The van der Waals surface area contributed by atoms with Crippen LogP contribution in [0.1, 0.15) is 32.3 Å². The molecule has 0 unspecified atom stereocenters. The summed E-state index contributed by atoms with van der Waals surface area (Å²) in [6.45, 7) is 5.90. The lowest BCUT2D eigenvalue weighted by molar-refractivity contribution is -0.00307. The number of hydrogen-bond donors (Lipinski definition) is 0. The molecule has 0 atom stereocenters. The van der Waals surface area contributed by atoms with Crippen LogP contribution < -0.4 is 15.2 Å². The number of halogens is 1. The molecule has 9 nitrogen and oxygen atoms in total. The molecule has 1 aliphatic heterocycles. The summed E-state index contributed by atoms with van der Waals surface area (Å²) in [5.74, 6) is -0.000114. The average molecular weight is 571 g/mol. The van der Waals surface area contributed by atoms with E-state index >= 15 is 0 Å². The van der Waals surface area contributed by atoms with Crippen LogP contribution in [0.2, 0.25) is 0 Å². The lowest BCUT2D eigenvalue weighted by Gasteiger charge is -2.38. The number of anilines is 1. The third kappa shape index (κ3) is 6.21. The minimum atomic E-state index is -3.37. The first-order valence-corrected chi connectivity index (χ1v) is 15.1. The molecule has 1 aromatic heterocycles. The van der Waals surface area contributed by atoms with Crippen molar-refractivity contribution >= 4 is 15.7 Å². The van der Waals surface area contributed by atoms with Gasteiger partial charge < -0.3 is 14.4 Å². The van der Waals surface area contributed by atoms with Gasteiger partial charge in [0.2, 0.25) is 15.8 Å². The summed E-state index contributed by atoms with van der Waals surface area (Å²) in [5, 5.41) is 3.82. The maximum Gasteiger partial charge on any atom is 0.316 e. The second-order valence-electron chi connectivity index (χ2n) is 10.6. The van der Waals surface area contributed by atoms with Crippen molar-refractivity contribution in [3.63, 3.8) is 0 Å². The van der Waals surface area contributed by atoms with Gasteiger partial charge in [0.1, 0.15) is 11.5 Å². The second kappa shape index (κ2) is 12.1. The number of rotatable bonds is 10. The third-order valence-corrected chi connectivity index (χ3v) is 9.72. The Labute approximate surface area is 234 Å². The van der Waals surface area contributed by atoms with Crippen LogP contribution in [0.3, 0.4) is 0 Å². The molecule has 0 spiro atoms. The predicted octanol–water partition coefficient (Wildman–Crippen LogP) is 3.61. The molecule has 1 aliphatic carbocycles. The van der Waals surface area contributed by atoms with Gasteiger partial charge in [-0.05, 0) is 56.4 Å². The minimum Gasteiger partial charge on any atom is -0.483 e. The molecular formula is C29H35FN4O5S. The maximum atomic E-state index is 13.9. The Morgan fingerprint density at radius 1 is 1.02 bits per heavy atom. The quantitative estimate of drug-likeness (QED) is 0.368. The van der Waals surface area contributed by atoms with E-state index in [9.17, 15) is 17.6 Å². The molecule has 214 valence electrons. The van der Waals surface area contributed by atoms with Gasteiger partial charge in [0.05, 0.1) is 36.5 Å². The Morgan fingerprint density at radius 2 is 1.75 bits per heavy atom. The largest absolute Gasteiger partial charge is 0.483 e. The molecule has 5 rings (SSSR count). The van der Waals surface area contributed by atoms with E-state index in [1.165, 1.54) is 22.5 Å². The van der Waals surface area contributed by atoms with Crippen molar-refractivity contribution in [2.24, 2.45) is 5.92 Å². The summed E-state index contributed by atoms with van der Waals surface area (Å²) in [7, 11) is -3.37. The highest BCUT2D eigenvalue weighted by Crippen LogP contribution is 2.34. The van der Waals surface area contributed by atoms with E-state index < -0.39 is 26.6 Å². The summed E-state index contributed by atoms with van der Waals surface area (Å²) >= 11 is 0. The van der Waals surface area contributed by atoms with Gasteiger partial charge in [0.15, 0.2) is 0 Å². The van der Waals surface area contributed by atoms with Crippen molar-refractivity contribution in [3.05, 3.63) is 82.5 Å². The van der Waals surface area contributed by atoms with Crippen molar-refractivity contribution in [2.75, 3.05) is 37.7 Å². The van der Waals surface area contributed by atoms with E-state index in [-0.39, 0.29) is 11.9 Å². The van der Waals surface area contributed by atoms with E-state index in [1.54, 1.807) is 26.1 Å². The average Bonchev–Trinajstić information content (AvgIpc) is 2.93. The third-order valence-electron chi connectivity index (χ3n) is 7.44. The summed E-state index contributed by atoms with van der Waals surface area (Å²) in [6, 6.07) is 15.7. The molecule has 3 aromatic rings. The van der Waals surface area contributed by atoms with Crippen LogP contribution in [0.25, 0.3) is 5.69 Å². The lowest BCUT2D eigenvalue weighted by Crippen LogP contribution is -2.51. The van der Waals surface area contributed by atoms with Gasteiger partial charge in [-0.3, -0.25) is 4.79 Å². The summed E-state index contributed by atoms with van der Waals surface area (Å²) in [4.78, 5) is 15.6. The van der Waals surface area contributed by atoms with Gasteiger partial charge in [-0.15, -0.1) is 0 Å². The summed E-state index contributed by atoms with van der Waals surface area (Å²) < 4.78 is 54.0. The lowest BCUT2D eigenvalue weighted by atomic mass is 9.83. The molecule has 11 heteroatoms. The zero-order chi connectivity index (χ0) is 28.3. The molecule has 1 saturated heterocycles. The van der Waals surface area contributed by atoms with E-state index in [0.717, 1.165) is 23.1 Å². The number of piperazine rings is 1. The highest BCUT2D eigenvalue weighted by molar-refractivity contribution is 7.89. The molecule has 0 N–H and O–H groups in total. The first-order valence-electron chi connectivity index (χ1n) is 13.6. The molecule has 2 fully saturated rings. The van der Waals surface area contributed by atoms with Crippen molar-refractivity contribution < 1.29 is 22.3 Å². The number of hydrogen-bond acceptors (Lipinski definition) is 7. The van der Waals surface area contributed by atoms with Gasteiger partial charge in [0, 0.05) is 26.2 Å². The highest BCUT2D eigenvalue weighted by Gasteiger charge is 2.35. The number of nitrogens with zero attached hydrogens (tertiary/aromatic N) is 4. The number of sulfonamides is 1. The van der Waals surface area contributed by atoms with Gasteiger partial charge in [-0.1, -0.05) is 36.4 Å². The van der Waals surface area contributed by atoms with Crippen LogP contribution in [-0.4, -0.2) is 66.6 Å². The Balaban J connectivity index is 1.30. The van der Waals surface area contributed by atoms with Crippen LogP contribution in [0.15, 0.2) is 65.6 Å². The van der Waals surface area contributed by atoms with Crippen LogP contribution in [-0.2, 0) is 21.4 Å². The minimum absolute atomic E-state index is 0.146. The first kappa shape index (κ1) is 28.3. The number of benzene rings is 2. The number of aromatic nitrogens is 2. The van der Waals surface area contributed by atoms with Gasteiger partial charge in [-0.25, -0.2) is 12.8 Å². The molecule has 2 aromatic carbocycles. The molecule has 0 bridgehead atoms. The van der Waals surface area contributed by atoms with E-state index in [2.05, 4.69) is 5.10 Å². The monoisotopic (exact) mass is 570 g/mol. The molecule has 0 radical (unpaired) electrons. The second-order valence-corrected chi connectivity index (χ2v) is 13.1. The Hall–Kier alpha value is -3.28. The van der Waals surface area contributed by atoms with Crippen LogP contribution in [0.5, 0.6) is 5.75 Å². The summed E-state index contributed by atoms with van der Waals surface area (Å²) in [6.07, 6.45) is 2.88. The molecule has 2 heterocycles.